The molecule has 1 amide bonds. The second kappa shape index (κ2) is 5.97. The first kappa shape index (κ1) is 15.1. The van der Waals surface area contributed by atoms with Crippen LogP contribution in [0, 0.1) is 25.2 Å². The first-order valence-corrected chi connectivity index (χ1v) is 6.68. The summed E-state index contributed by atoms with van der Waals surface area (Å²) in [7, 11) is 0. The van der Waals surface area contributed by atoms with Crippen LogP contribution in [0.1, 0.15) is 29.7 Å². The van der Waals surface area contributed by atoms with E-state index >= 15 is 0 Å². The molecule has 1 aromatic heterocycles. The van der Waals surface area contributed by atoms with E-state index < -0.39 is 5.97 Å². The van der Waals surface area contributed by atoms with Gasteiger partial charge in [0.2, 0.25) is 11.8 Å². The summed E-state index contributed by atoms with van der Waals surface area (Å²) in [5.41, 5.74) is 0.995. The Morgan fingerprint density at radius 3 is 2.62 bits per heavy atom. The topological polar surface area (TPSA) is 107 Å². The van der Waals surface area contributed by atoms with E-state index in [1.165, 1.54) is 0 Å². The number of rotatable bonds is 6. The van der Waals surface area contributed by atoms with Crippen molar-refractivity contribution in [2.45, 2.75) is 32.7 Å². The van der Waals surface area contributed by atoms with Gasteiger partial charge in [0.25, 0.3) is 0 Å². The van der Waals surface area contributed by atoms with Crippen molar-refractivity contribution in [2.24, 2.45) is 0 Å². The number of carboxylic acid groups (broad SMARTS) is 1. The second-order valence-electron chi connectivity index (χ2n) is 5.18. The van der Waals surface area contributed by atoms with Gasteiger partial charge in [-0.25, -0.2) is 0 Å². The molecule has 0 aliphatic heterocycles. The highest BCUT2D eigenvalue weighted by atomic mass is 16.4. The molecule has 0 aromatic carbocycles. The molecular formula is C14H17N3O4. The summed E-state index contributed by atoms with van der Waals surface area (Å²) in [6.07, 6.45) is 1.81. The minimum absolute atomic E-state index is 0.0272. The van der Waals surface area contributed by atoms with E-state index in [1.54, 1.807) is 18.7 Å². The molecule has 0 atom stereocenters. The zero-order valence-electron chi connectivity index (χ0n) is 12.0. The summed E-state index contributed by atoms with van der Waals surface area (Å²) in [5, 5.41) is 20.5. The standard InChI is InChI=1S/C14H17N3O4/c1-8-9(2)21-14(11(8)5-15)16-12(18)6-17(7-13(19)20)10-3-4-10/h10H,3-4,6-7H2,1-2H3,(H,16,18)(H,19,20). The molecule has 2 N–H and O–H groups in total. The van der Waals surface area contributed by atoms with E-state index in [9.17, 15) is 9.59 Å². The van der Waals surface area contributed by atoms with Crippen LogP contribution >= 0.6 is 0 Å². The number of nitrogens with one attached hydrogen (secondary N) is 1. The lowest BCUT2D eigenvalue weighted by Crippen LogP contribution is -2.38. The van der Waals surface area contributed by atoms with E-state index in [2.05, 4.69) is 5.32 Å². The zero-order valence-corrected chi connectivity index (χ0v) is 12.0. The van der Waals surface area contributed by atoms with Gasteiger partial charge >= 0.3 is 5.97 Å². The molecule has 1 fully saturated rings. The number of hydrogen-bond donors (Lipinski definition) is 2. The first-order valence-electron chi connectivity index (χ1n) is 6.68. The Morgan fingerprint density at radius 1 is 1.43 bits per heavy atom. The normalized spacial score (nSPS) is 14.0. The van der Waals surface area contributed by atoms with Gasteiger partial charge in [0.05, 0.1) is 13.1 Å². The highest BCUT2D eigenvalue weighted by molar-refractivity contribution is 5.92. The van der Waals surface area contributed by atoms with Crippen LogP contribution in [-0.2, 0) is 9.59 Å². The van der Waals surface area contributed by atoms with E-state index in [4.69, 9.17) is 14.8 Å². The van der Waals surface area contributed by atoms with Crippen LogP contribution in [0.25, 0.3) is 0 Å². The summed E-state index contributed by atoms with van der Waals surface area (Å²) >= 11 is 0. The van der Waals surface area contributed by atoms with E-state index in [1.807, 2.05) is 6.07 Å². The summed E-state index contributed by atoms with van der Waals surface area (Å²) in [6.45, 7) is 3.26. The van der Waals surface area contributed by atoms with Crippen molar-refractivity contribution in [3.8, 4) is 6.07 Å². The van der Waals surface area contributed by atoms with Crippen molar-refractivity contribution in [3.63, 3.8) is 0 Å². The average Bonchev–Trinajstić information content (AvgIpc) is 3.18. The number of anilines is 1. The number of furan rings is 1. The predicted octanol–water partition coefficient (Wildman–Crippen LogP) is 1.26. The predicted molar refractivity (Wildman–Crippen MR) is 73.8 cm³/mol. The van der Waals surface area contributed by atoms with Gasteiger partial charge in [0.1, 0.15) is 17.4 Å². The molecule has 21 heavy (non-hydrogen) atoms. The molecule has 0 spiro atoms. The van der Waals surface area contributed by atoms with Crippen LogP contribution in [0.5, 0.6) is 0 Å². The fourth-order valence-corrected chi connectivity index (χ4v) is 2.13. The lowest BCUT2D eigenvalue weighted by Gasteiger charge is -2.18. The molecule has 112 valence electrons. The fraction of sp³-hybridized carbons (Fsp3) is 0.500. The van der Waals surface area contributed by atoms with E-state index in [0.717, 1.165) is 12.8 Å². The monoisotopic (exact) mass is 291 g/mol. The lowest BCUT2D eigenvalue weighted by molar-refractivity contribution is -0.138. The molecular weight excluding hydrogens is 274 g/mol. The summed E-state index contributed by atoms with van der Waals surface area (Å²) in [5.74, 6) is -0.638. The van der Waals surface area contributed by atoms with Crippen molar-refractivity contribution < 1.29 is 19.1 Å². The molecule has 0 unspecified atom stereocenters. The van der Waals surface area contributed by atoms with Gasteiger partial charge in [-0.05, 0) is 26.7 Å². The third-order valence-electron chi connectivity index (χ3n) is 3.50. The minimum Gasteiger partial charge on any atom is -0.480 e. The van der Waals surface area contributed by atoms with Crippen molar-refractivity contribution in [3.05, 3.63) is 16.9 Å². The van der Waals surface area contributed by atoms with E-state index in [-0.39, 0.29) is 30.9 Å². The van der Waals surface area contributed by atoms with E-state index in [0.29, 0.717) is 16.9 Å². The molecule has 0 radical (unpaired) electrons. The van der Waals surface area contributed by atoms with Crippen LogP contribution in [0.15, 0.2) is 4.42 Å². The molecule has 0 saturated heterocycles. The first-order chi connectivity index (χ1) is 9.92. The molecule has 7 nitrogen and oxygen atoms in total. The number of hydrogen-bond acceptors (Lipinski definition) is 5. The number of amides is 1. The SMILES string of the molecule is Cc1oc(NC(=O)CN(CC(=O)O)C2CC2)c(C#N)c1C. The van der Waals surface area contributed by atoms with Gasteiger partial charge in [-0.3, -0.25) is 19.8 Å². The number of aryl methyl sites for hydroxylation is 1. The Bertz CT molecular complexity index is 610. The Morgan fingerprint density at radius 2 is 2.10 bits per heavy atom. The highest BCUT2D eigenvalue weighted by Gasteiger charge is 2.32. The smallest absolute Gasteiger partial charge is 0.317 e. The Hall–Kier alpha value is -2.33. The fourth-order valence-electron chi connectivity index (χ4n) is 2.13. The van der Waals surface area contributed by atoms with Crippen LogP contribution < -0.4 is 5.32 Å². The van der Waals surface area contributed by atoms with Crippen LogP contribution in [0.4, 0.5) is 5.88 Å². The molecule has 0 bridgehead atoms. The van der Waals surface area contributed by atoms with Gasteiger partial charge < -0.3 is 9.52 Å². The molecule has 1 saturated carbocycles. The average molecular weight is 291 g/mol. The molecule has 2 rings (SSSR count). The third-order valence-corrected chi connectivity index (χ3v) is 3.50. The number of nitriles is 1. The maximum Gasteiger partial charge on any atom is 0.317 e. The van der Waals surface area contributed by atoms with Gasteiger partial charge in [-0.1, -0.05) is 0 Å². The molecule has 1 aliphatic carbocycles. The van der Waals surface area contributed by atoms with Gasteiger partial charge in [0.15, 0.2) is 0 Å². The van der Waals surface area contributed by atoms with Crippen molar-refractivity contribution in [2.75, 3.05) is 18.4 Å². The van der Waals surface area contributed by atoms with Crippen LogP contribution in [0.2, 0.25) is 0 Å². The van der Waals surface area contributed by atoms with Crippen molar-refractivity contribution in [1.82, 2.24) is 4.90 Å². The molecule has 1 aliphatic rings. The Balaban J connectivity index is 2.02. The van der Waals surface area contributed by atoms with Crippen molar-refractivity contribution in [1.29, 1.82) is 5.26 Å². The van der Waals surface area contributed by atoms with Gasteiger partial charge in [-0.15, -0.1) is 0 Å². The maximum absolute atomic E-state index is 12.0. The van der Waals surface area contributed by atoms with Gasteiger partial charge in [-0.2, -0.15) is 5.26 Å². The zero-order chi connectivity index (χ0) is 15.6. The number of carbonyl (C=O) groups is 2. The summed E-state index contributed by atoms with van der Waals surface area (Å²) in [4.78, 5) is 24.4. The second-order valence-corrected chi connectivity index (χ2v) is 5.18. The third kappa shape index (κ3) is 3.61. The number of nitrogens with zero attached hydrogens (tertiary/aromatic N) is 2. The van der Waals surface area contributed by atoms with Crippen LogP contribution in [-0.4, -0.2) is 41.0 Å². The largest absolute Gasteiger partial charge is 0.480 e. The number of aliphatic carboxylic acids is 1. The quantitative estimate of drug-likeness (QED) is 0.817. The number of carbonyl (C=O) groups excluding carboxylic acids is 1. The summed E-state index contributed by atoms with van der Waals surface area (Å²) < 4.78 is 5.36. The Labute approximate surface area is 122 Å². The maximum atomic E-state index is 12.0. The van der Waals surface area contributed by atoms with Gasteiger partial charge in [0, 0.05) is 11.6 Å². The highest BCUT2D eigenvalue weighted by Crippen LogP contribution is 2.27. The summed E-state index contributed by atoms with van der Waals surface area (Å²) in [6, 6.07) is 2.15. The lowest BCUT2D eigenvalue weighted by atomic mass is 10.2. The molecule has 7 heteroatoms. The number of carboxylic acids is 1. The Kier molecular flexibility index (Phi) is 4.29. The molecule has 1 aromatic rings. The van der Waals surface area contributed by atoms with Crippen molar-refractivity contribution >= 4 is 17.8 Å². The minimum atomic E-state index is -0.961. The van der Waals surface area contributed by atoms with Crippen LogP contribution in [0.3, 0.4) is 0 Å². The molecule has 1 heterocycles.